The number of rotatable bonds is 8. The van der Waals surface area contributed by atoms with Crippen molar-refractivity contribution in [2.24, 2.45) is 34.1 Å². The molecule has 0 atom stereocenters. The van der Waals surface area contributed by atoms with Gasteiger partial charge in [-0.15, -0.1) is 0 Å². The fourth-order valence-electron chi connectivity index (χ4n) is 10.8. The van der Waals surface area contributed by atoms with Gasteiger partial charge < -0.3 is 0 Å². The minimum atomic E-state index is 0.449. The molecule has 0 fully saturated rings. The zero-order chi connectivity index (χ0) is 58.2. The Bertz CT molecular complexity index is 4180. The lowest BCUT2D eigenvalue weighted by Crippen LogP contribution is -2.32. The van der Waals surface area contributed by atoms with Gasteiger partial charge in [0.2, 0.25) is 11.4 Å². The number of aryl methyl sites for hydroxylation is 8. The quantitative estimate of drug-likeness (QED) is 0.142. The van der Waals surface area contributed by atoms with Crippen LogP contribution in [0.2, 0.25) is 0 Å². The van der Waals surface area contributed by atoms with Gasteiger partial charge in [0.25, 0.3) is 0 Å². The zero-order valence-corrected chi connectivity index (χ0v) is 50.6. The molecular weight excluding hydrogens is 1000 g/mol. The maximum atomic E-state index is 4.94. The normalized spacial score (nSPS) is 11.2. The molecule has 0 amide bonds. The maximum absolute atomic E-state index is 4.94. The third-order valence-electron chi connectivity index (χ3n) is 15.3. The highest BCUT2D eigenvalue weighted by Gasteiger charge is 2.22. The van der Waals surface area contributed by atoms with Crippen LogP contribution in [0.15, 0.2) is 201 Å². The van der Waals surface area contributed by atoms with E-state index in [1.807, 2.05) is 12.3 Å². The summed E-state index contributed by atoms with van der Waals surface area (Å²) in [6, 6.07) is 59.3. The summed E-state index contributed by atoms with van der Waals surface area (Å²) in [5.74, 6) is 3.63. The Kier molecular flexibility index (Phi) is 18.1. The van der Waals surface area contributed by atoms with Gasteiger partial charge in [0.1, 0.15) is 26.5 Å². The number of nitrogens with zero attached hydrogens (tertiary/aromatic N) is 8. The van der Waals surface area contributed by atoms with Gasteiger partial charge in [-0.05, 0) is 156 Å². The fourth-order valence-corrected chi connectivity index (χ4v) is 10.8. The Hall–Kier alpha value is -8.88. The number of benzene rings is 6. The summed E-state index contributed by atoms with van der Waals surface area (Å²) >= 11 is 0. The zero-order valence-electron chi connectivity index (χ0n) is 50.6. The maximum Gasteiger partial charge on any atom is 0.331 e. The highest BCUT2D eigenvalue weighted by Crippen LogP contribution is 2.29. The Morgan fingerprint density at radius 2 is 0.841 bits per heavy atom. The van der Waals surface area contributed by atoms with E-state index in [-0.39, 0.29) is 0 Å². The van der Waals surface area contributed by atoms with Crippen LogP contribution in [-0.2, 0) is 34.6 Å². The van der Waals surface area contributed by atoms with Crippen molar-refractivity contribution in [2.45, 2.75) is 87.5 Å². The smallest absolute Gasteiger partial charge is 0.256 e. The van der Waals surface area contributed by atoms with E-state index in [4.69, 9.17) is 15.0 Å². The number of aromatic nitrogens is 8. The molecule has 0 spiro atoms. The second-order valence-electron chi connectivity index (χ2n) is 22.9. The molecule has 6 aromatic heterocycles. The predicted molar refractivity (Wildman–Crippen MR) is 339 cm³/mol. The Balaban J connectivity index is 0.000000132. The fraction of sp³-hybridized carbons (Fsp3) is 0.243. The van der Waals surface area contributed by atoms with Crippen LogP contribution in [0.5, 0.6) is 0 Å². The molecule has 0 N–H and O–H groups in total. The first-order valence-corrected chi connectivity index (χ1v) is 28.8. The Morgan fingerprint density at radius 1 is 0.378 bits per heavy atom. The molecule has 412 valence electrons. The van der Waals surface area contributed by atoms with Crippen LogP contribution in [0.3, 0.4) is 0 Å². The van der Waals surface area contributed by atoms with Crippen molar-refractivity contribution >= 4 is 43.6 Å². The van der Waals surface area contributed by atoms with Crippen LogP contribution in [0.4, 0.5) is 0 Å². The van der Waals surface area contributed by atoms with Gasteiger partial charge in [-0.25, -0.2) is 18.3 Å². The molecule has 6 heterocycles. The molecule has 0 aliphatic rings. The van der Waals surface area contributed by atoms with Crippen molar-refractivity contribution in [2.75, 3.05) is 0 Å². The van der Waals surface area contributed by atoms with Crippen LogP contribution < -0.4 is 18.3 Å². The van der Waals surface area contributed by atoms with Gasteiger partial charge in [-0.1, -0.05) is 139 Å². The Morgan fingerprint density at radius 3 is 1.34 bits per heavy atom. The summed E-state index contributed by atoms with van der Waals surface area (Å²) < 4.78 is 8.62. The van der Waals surface area contributed by atoms with Crippen LogP contribution in [0.25, 0.3) is 88.9 Å². The van der Waals surface area contributed by atoms with E-state index in [2.05, 4.69) is 309 Å². The van der Waals surface area contributed by atoms with E-state index in [1.165, 1.54) is 83.2 Å². The minimum Gasteiger partial charge on any atom is -0.256 e. The summed E-state index contributed by atoms with van der Waals surface area (Å²) in [6.45, 7) is 21.9. The van der Waals surface area contributed by atoms with Gasteiger partial charge in [-0.3, -0.25) is 9.97 Å². The molecule has 12 rings (SSSR count). The average Bonchev–Trinajstić information content (AvgIpc) is 3.62. The average molecular weight is 1080 g/mol. The first kappa shape index (κ1) is 57.8. The second-order valence-corrected chi connectivity index (χ2v) is 22.9. The first-order valence-electron chi connectivity index (χ1n) is 28.8. The molecule has 0 bridgehead atoms. The van der Waals surface area contributed by atoms with Crippen molar-refractivity contribution in [3.05, 3.63) is 240 Å². The van der Waals surface area contributed by atoms with Crippen LogP contribution >= 0.6 is 0 Å². The minimum absolute atomic E-state index is 0.449. The van der Waals surface area contributed by atoms with E-state index < -0.39 is 0 Å². The molecule has 8 heteroatoms. The van der Waals surface area contributed by atoms with Crippen LogP contribution in [0.1, 0.15) is 92.5 Å². The lowest BCUT2D eigenvalue weighted by molar-refractivity contribution is -0.661. The van der Waals surface area contributed by atoms with Crippen LogP contribution in [-0.4, -0.2) is 19.9 Å². The lowest BCUT2D eigenvalue weighted by Gasteiger charge is -2.09. The Labute approximate surface area is 486 Å². The number of hydrogen-bond acceptors (Lipinski definition) is 4. The van der Waals surface area contributed by atoms with E-state index >= 15 is 0 Å². The summed E-state index contributed by atoms with van der Waals surface area (Å²) in [4.78, 5) is 19.1. The first-order chi connectivity index (χ1) is 39.4. The van der Waals surface area contributed by atoms with Crippen LogP contribution in [0, 0.1) is 33.6 Å². The van der Waals surface area contributed by atoms with Gasteiger partial charge in [0.15, 0.2) is 23.4 Å². The molecular formula is C74H80N8+4. The van der Waals surface area contributed by atoms with Crippen molar-refractivity contribution in [3.63, 3.8) is 0 Å². The molecule has 0 aliphatic carbocycles. The molecule has 8 nitrogen and oxygen atoms in total. The van der Waals surface area contributed by atoms with Gasteiger partial charge in [0.05, 0.1) is 57.8 Å². The molecule has 82 heavy (non-hydrogen) atoms. The number of fused-ring (bicyclic) bond motifs is 4. The third-order valence-corrected chi connectivity index (χ3v) is 15.3. The predicted octanol–water partition coefficient (Wildman–Crippen LogP) is 15.6. The van der Waals surface area contributed by atoms with Crippen molar-refractivity contribution in [1.82, 2.24) is 19.9 Å². The highest BCUT2D eigenvalue weighted by molar-refractivity contribution is 5.84. The topological polar surface area (TPSA) is 67.1 Å². The SMILES string of the molecule is Cc1ccccc1-c1cc2nc(C(C)C)ccc2c[n+]1C.Cc1ccccc1-c1cc2ncccc2c[n+]1C.Cc1ccccc1-c1nc2cccc(C(C)C)c2c[n+]1C.Cc1ccccc1-c1nc2cccc(CC(C)C)c2c[n+]1C. The van der Waals surface area contributed by atoms with E-state index in [9.17, 15) is 0 Å². The molecule has 0 radical (unpaired) electrons. The highest BCUT2D eigenvalue weighted by atomic mass is 15.0. The molecule has 0 saturated carbocycles. The number of hydrogen-bond donors (Lipinski definition) is 0. The monoisotopic (exact) mass is 1080 g/mol. The van der Waals surface area contributed by atoms with Crippen molar-refractivity contribution < 1.29 is 18.3 Å². The summed E-state index contributed by atoms with van der Waals surface area (Å²) in [6.07, 6.45) is 11.6. The molecule has 6 aromatic carbocycles. The summed E-state index contributed by atoms with van der Waals surface area (Å²) in [7, 11) is 8.33. The number of pyridine rings is 4. The molecule has 0 unspecified atom stereocenters. The standard InChI is InChI=1S/C20H23N2.2C19H21N2.C16H15N2/c1-14(2)12-16-9-7-11-19-18(16)13-22(4)20(21-19)17-10-6-5-8-15(17)3;1-13(2)15-10-7-11-18-17(15)12-21(4)19(20-18)16-9-6-5-8-14(16)3;1-13(2)17-10-9-15-12-21(4)19(11-18(15)20-17)16-8-6-5-7-14(16)3;1-12-6-3-4-8-14(12)16-10-15-13(11-18(16)2)7-5-9-17-15/h5-11,13-14H,12H2,1-4H3;2*5-13H,1-4H3;3-11H,1-2H3/q4*+1. The summed E-state index contributed by atoms with van der Waals surface area (Å²) in [5.41, 5.74) is 20.5. The van der Waals surface area contributed by atoms with E-state index in [0.29, 0.717) is 17.8 Å². The van der Waals surface area contributed by atoms with E-state index in [1.54, 1.807) is 0 Å². The van der Waals surface area contributed by atoms with Crippen molar-refractivity contribution in [3.8, 4) is 45.3 Å². The molecule has 0 saturated heterocycles. The summed E-state index contributed by atoms with van der Waals surface area (Å²) in [5, 5.41) is 4.85. The second kappa shape index (κ2) is 25.7. The van der Waals surface area contributed by atoms with Gasteiger partial charge in [0, 0.05) is 35.2 Å². The third kappa shape index (κ3) is 13.1. The van der Waals surface area contributed by atoms with Crippen molar-refractivity contribution in [1.29, 1.82) is 0 Å². The molecule has 0 aliphatic heterocycles. The molecule has 12 aromatic rings. The largest absolute Gasteiger partial charge is 0.331 e. The van der Waals surface area contributed by atoms with E-state index in [0.717, 1.165) is 51.2 Å². The lowest BCUT2D eigenvalue weighted by atomic mass is 9.99. The van der Waals surface area contributed by atoms with Gasteiger partial charge in [-0.2, -0.15) is 0 Å². The van der Waals surface area contributed by atoms with Gasteiger partial charge >= 0.3 is 11.6 Å².